The van der Waals surface area contributed by atoms with Crippen LogP contribution in [0.15, 0.2) is 48.8 Å². The Morgan fingerprint density at radius 1 is 1.17 bits per heavy atom. The number of nitrogens with one attached hydrogen (secondary N) is 1. The smallest absolute Gasteiger partial charge is 0.350 e. The van der Waals surface area contributed by atoms with Gasteiger partial charge in [-0.25, -0.2) is 14.8 Å². The number of aromatic nitrogens is 3. The van der Waals surface area contributed by atoms with Crippen molar-refractivity contribution in [3.05, 3.63) is 69.9 Å². The molecule has 3 heterocycles. The number of esters is 1. The van der Waals surface area contributed by atoms with E-state index in [-0.39, 0.29) is 5.91 Å². The molecule has 4 rings (SSSR count). The van der Waals surface area contributed by atoms with E-state index in [1.165, 1.54) is 7.11 Å². The number of anilines is 1. The van der Waals surface area contributed by atoms with E-state index in [1.54, 1.807) is 49.6 Å². The molecule has 1 aromatic carbocycles. The van der Waals surface area contributed by atoms with E-state index in [4.69, 9.17) is 16.3 Å². The quantitative estimate of drug-likeness (QED) is 0.462. The lowest BCUT2D eigenvalue weighted by molar-refractivity contribution is 0.0605. The van der Waals surface area contributed by atoms with Crippen LogP contribution < -0.4 is 5.32 Å². The largest absolute Gasteiger partial charge is 0.465 e. The molecule has 0 spiro atoms. The highest BCUT2D eigenvalue weighted by atomic mass is 35.5. The third kappa shape index (κ3) is 3.87. The van der Waals surface area contributed by atoms with E-state index in [0.29, 0.717) is 42.9 Å². The molecule has 9 heteroatoms. The lowest BCUT2D eigenvalue weighted by Gasteiger charge is -2.10. The Labute approximate surface area is 180 Å². The molecule has 0 bridgehead atoms. The van der Waals surface area contributed by atoms with Crippen LogP contribution in [0.25, 0.3) is 22.2 Å². The summed E-state index contributed by atoms with van der Waals surface area (Å²) in [6.45, 7) is 1.68. The number of halogens is 1. The van der Waals surface area contributed by atoms with Gasteiger partial charge in [0.15, 0.2) is 5.13 Å². The first-order valence-corrected chi connectivity index (χ1v) is 10.0. The monoisotopic (exact) mass is 438 g/mol. The minimum Gasteiger partial charge on any atom is -0.465 e. The average Bonchev–Trinajstić information content (AvgIpc) is 3.12. The van der Waals surface area contributed by atoms with E-state index in [0.717, 1.165) is 16.9 Å². The normalized spacial score (nSPS) is 10.8. The van der Waals surface area contributed by atoms with Crippen LogP contribution in [0.5, 0.6) is 0 Å². The van der Waals surface area contributed by atoms with Crippen LogP contribution in [0.4, 0.5) is 5.13 Å². The number of aryl methyl sites for hydroxylation is 1. The second-order valence-corrected chi connectivity index (χ2v) is 7.77. The van der Waals surface area contributed by atoms with Gasteiger partial charge in [-0.2, -0.15) is 0 Å². The van der Waals surface area contributed by atoms with Crippen LogP contribution in [0, 0.1) is 6.92 Å². The Bertz CT molecular complexity index is 1270. The van der Waals surface area contributed by atoms with Gasteiger partial charge >= 0.3 is 5.97 Å². The van der Waals surface area contributed by atoms with Gasteiger partial charge in [-0.3, -0.25) is 15.1 Å². The van der Waals surface area contributed by atoms with Gasteiger partial charge in [0.2, 0.25) is 0 Å². The van der Waals surface area contributed by atoms with Crippen LogP contribution in [-0.4, -0.2) is 33.9 Å². The molecule has 0 unspecified atom stereocenters. The maximum Gasteiger partial charge on any atom is 0.350 e. The number of carbonyl (C=O) groups is 2. The van der Waals surface area contributed by atoms with E-state index in [1.807, 2.05) is 6.07 Å². The van der Waals surface area contributed by atoms with E-state index in [2.05, 4.69) is 20.3 Å². The first kappa shape index (κ1) is 19.9. The highest BCUT2D eigenvalue weighted by molar-refractivity contribution is 7.17. The zero-order valence-corrected chi connectivity index (χ0v) is 17.5. The first-order valence-electron chi connectivity index (χ1n) is 8.84. The highest BCUT2D eigenvalue weighted by Crippen LogP contribution is 2.29. The van der Waals surface area contributed by atoms with Gasteiger partial charge in [0.1, 0.15) is 4.88 Å². The van der Waals surface area contributed by atoms with Crippen LogP contribution in [0.2, 0.25) is 5.02 Å². The Kier molecular flexibility index (Phi) is 5.43. The van der Waals surface area contributed by atoms with E-state index in [9.17, 15) is 9.59 Å². The number of ether oxygens (including phenoxy) is 1. The summed E-state index contributed by atoms with van der Waals surface area (Å²) in [5.41, 5.74) is 2.88. The average molecular weight is 439 g/mol. The molecule has 7 nitrogen and oxygen atoms in total. The van der Waals surface area contributed by atoms with Crippen molar-refractivity contribution in [2.24, 2.45) is 0 Å². The number of hydrogen-bond acceptors (Lipinski definition) is 7. The van der Waals surface area contributed by atoms with Gasteiger partial charge in [-0.05, 0) is 43.3 Å². The molecule has 0 aliphatic rings. The topological polar surface area (TPSA) is 94.1 Å². The molecule has 0 aliphatic carbocycles. The van der Waals surface area contributed by atoms with Crippen molar-refractivity contribution >= 4 is 50.8 Å². The van der Waals surface area contributed by atoms with Crippen LogP contribution in [-0.2, 0) is 4.74 Å². The summed E-state index contributed by atoms with van der Waals surface area (Å²) in [7, 11) is 1.30. The molecule has 30 heavy (non-hydrogen) atoms. The Hall–Kier alpha value is -3.36. The number of hydrogen-bond donors (Lipinski definition) is 1. The molecule has 0 fully saturated rings. The molecule has 0 aliphatic heterocycles. The van der Waals surface area contributed by atoms with Crippen molar-refractivity contribution < 1.29 is 14.3 Å². The Balaban J connectivity index is 1.78. The molecule has 0 saturated heterocycles. The minimum atomic E-state index is -0.495. The molecule has 1 N–H and O–H groups in total. The summed E-state index contributed by atoms with van der Waals surface area (Å²) in [6, 6.07) is 10.5. The van der Waals surface area contributed by atoms with Gasteiger partial charge in [0, 0.05) is 28.4 Å². The second-order valence-electron chi connectivity index (χ2n) is 6.34. The molecule has 4 aromatic rings. The fourth-order valence-corrected chi connectivity index (χ4v) is 4.00. The van der Waals surface area contributed by atoms with Crippen molar-refractivity contribution in [2.45, 2.75) is 6.92 Å². The zero-order valence-electron chi connectivity index (χ0n) is 16.0. The molecule has 0 radical (unpaired) electrons. The number of fused-ring (bicyclic) bond motifs is 1. The molecule has 0 atom stereocenters. The van der Waals surface area contributed by atoms with Gasteiger partial charge < -0.3 is 4.74 Å². The number of nitrogens with zero attached hydrogens (tertiary/aromatic N) is 3. The Morgan fingerprint density at radius 2 is 2.00 bits per heavy atom. The summed E-state index contributed by atoms with van der Waals surface area (Å²) < 4.78 is 4.75. The van der Waals surface area contributed by atoms with E-state index >= 15 is 0 Å². The number of pyridine rings is 2. The van der Waals surface area contributed by atoms with Gasteiger partial charge in [0.25, 0.3) is 5.91 Å². The van der Waals surface area contributed by atoms with Crippen molar-refractivity contribution in [1.82, 2.24) is 15.0 Å². The van der Waals surface area contributed by atoms with E-state index < -0.39 is 5.97 Å². The van der Waals surface area contributed by atoms with Crippen molar-refractivity contribution in [3.63, 3.8) is 0 Å². The summed E-state index contributed by atoms with van der Waals surface area (Å²) in [5, 5.41) is 4.16. The van der Waals surface area contributed by atoms with Gasteiger partial charge in [-0.15, -0.1) is 0 Å². The summed E-state index contributed by atoms with van der Waals surface area (Å²) in [4.78, 5) is 38.3. The Morgan fingerprint density at radius 3 is 2.73 bits per heavy atom. The number of rotatable bonds is 4. The third-order valence-electron chi connectivity index (χ3n) is 4.36. The van der Waals surface area contributed by atoms with Crippen LogP contribution >= 0.6 is 22.9 Å². The molecule has 3 aromatic heterocycles. The highest BCUT2D eigenvalue weighted by Gasteiger charge is 2.19. The number of thiazole rings is 1. The second kappa shape index (κ2) is 8.17. The molecule has 0 saturated carbocycles. The number of amides is 1. The van der Waals surface area contributed by atoms with Crippen molar-refractivity contribution in [2.75, 3.05) is 12.4 Å². The van der Waals surface area contributed by atoms with Crippen molar-refractivity contribution in [1.29, 1.82) is 0 Å². The fourth-order valence-electron chi connectivity index (χ4n) is 2.94. The van der Waals surface area contributed by atoms with Crippen LogP contribution in [0.3, 0.4) is 0 Å². The zero-order chi connectivity index (χ0) is 21.3. The number of benzene rings is 1. The van der Waals surface area contributed by atoms with Crippen molar-refractivity contribution in [3.8, 4) is 11.3 Å². The number of methoxy groups -OCH3 is 1. The molecular formula is C21H15ClN4O3S. The lowest BCUT2D eigenvalue weighted by atomic mass is 10.0. The molecule has 150 valence electrons. The first-order chi connectivity index (χ1) is 14.5. The molecular weight excluding hydrogens is 424 g/mol. The number of carbonyl (C=O) groups excluding carboxylic acids is 2. The maximum absolute atomic E-state index is 13.1. The summed E-state index contributed by atoms with van der Waals surface area (Å²) in [6.07, 6.45) is 3.35. The third-order valence-corrected chi connectivity index (χ3v) is 5.65. The molecule has 1 amide bonds. The SMILES string of the molecule is COC(=O)c1sc(NC(=O)c2cc(-c3cccnc3)nc3ccc(Cl)cc23)nc1C. The minimum absolute atomic E-state index is 0.299. The predicted molar refractivity (Wildman–Crippen MR) is 116 cm³/mol. The maximum atomic E-state index is 13.1. The standard InChI is InChI=1S/C21H15ClN4O3S/c1-11-18(20(28)29-2)30-21(24-11)26-19(27)15-9-17(12-4-3-7-23-10-12)25-16-6-5-13(22)8-14(15)16/h3-10H,1-2H3,(H,24,26,27). The van der Waals surface area contributed by atoms with Crippen LogP contribution in [0.1, 0.15) is 25.7 Å². The summed E-state index contributed by atoms with van der Waals surface area (Å²) in [5.74, 6) is -0.884. The van der Waals surface area contributed by atoms with Gasteiger partial charge in [0.05, 0.1) is 29.6 Å². The predicted octanol–water partition coefficient (Wildman–Crippen LogP) is 4.75. The lowest BCUT2D eigenvalue weighted by Crippen LogP contribution is -2.13. The van der Waals surface area contributed by atoms with Gasteiger partial charge in [-0.1, -0.05) is 22.9 Å². The fraction of sp³-hybridized carbons (Fsp3) is 0.0952. The summed E-state index contributed by atoms with van der Waals surface area (Å²) >= 11 is 7.21.